The number of anilines is 1. The fourth-order valence-corrected chi connectivity index (χ4v) is 2.13. The molecular weight excluding hydrogens is 313 g/mol. The maximum Gasteiger partial charge on any atom is 0.315 e. The SMILES string of the molecule is COc1ccc(F)cc1[C@@H](C)NC(=O)NCCNc1cnccn1. The van der Waals surface area contributed by atoms with E-state index in [0.717, 1.165) is 0 Å². The van der Waals surface area contributed by atoms with Crippen LogP contribution in [0.3, 0.4) is 0 Å². The molecule has 2 rings (SSSR count). The van der Waals surface area contributed by atoms with E-state index >= 15 is 0 Å². The van der Waals surface area contributed by atoms with Crippen molar-refractivity contribution in [3.8, 4) is 5.75 Å². The number of ether oxygens (including phenoxy) is 1. The monoisotopic (exact) mass is 333 g/mol. The average molecular weight is 333 g/mol. The molecule has 7 nitrogen and oxygen atoms in total. The lowest BCUT2D eigenvalue weighted by molar-refractivity contribution is 0.238. The third-order valence-corrected chi connectivity index (χ3v) is 3.29. The van der Waals surface area contributed by atoms with Crippen molar-refractivity contribution in [3.63, 3.8) is 0 Å². The number of hydrogen-bond acceptors (Lipinski definition) is 5. The Morgan fingerprint density at radius 2 is 2.17 bits per heavy atom. The highest BCUT2D eigenvalue weighted by atomic mass is 19.1. The Morgan fingerprint density at radius 3 is 2.88 bits per heavy atom. The molecule has 1 aromatic heterocycles. The molecule has 0 aliphatic heterocycles. The van der Waals surface area contributed by atoms with Gasteiger partial charge in [-0.05, 0) is 25.1 Å². The lowest BCUT2D eigenvalue weighted by Crippen LogP contribution is -2.39. The molecule has 0 fully saturated rings. The smallest absolute Gasteiger partial charge is 0.315 e. The van der Waals surface area contributed by atoms with Crippen molar-refractivity contribution in [1.82, 2.24) is 20.6 Å². The second kappa shape index (κ2) is 8.66. The number of benzene rings is 1. The van der Waals surface area contributed by atoms with Crippen LogP contribution in [0.5, 0.6) is 5.75 Å². The van der Waals surface area contributed by atoms with Gasteiger partial charge in [-0.2, -0.15) is 0 Å². The molecule has 0 saturated carbocycles. The summed E-state index contributed by atoms with van der Waals surface area (Å²) in [5.41, 5.74) is 0.574. The van der Waals surface area contributed by atoms with Gasteiger partial charge in [0.25, 0.3) is 0 Å². The van der Waals surface area contributed by atoms with Gasteiger partial charge in [0, 0.05) is 31.0 Å². The summed E-state index contributed by atoms with van der Waals surface area (Å²) < 4.78 is 18.6. The zero-order chi connectivity index (χ0) is 17.4. The molecule has 0 bridgehead atoms. The number of rotatable bonds is 7. The first-order chi connectivity index (χ1) is 11.6. The minimum atomic E-state index is -0.399. The molecule has 1 aromatic carbocycles. The lowest BCUT2D eigenvalue weighted by atomic mass is 10.1. The average Bonchev–Trinajstić information content (AvgIpc) is 2.59. The zero-order valence-electron chi connectivity index (χ0n) is 13.5. The molecule has 0 saturated heterocycles. The summed E-state index contributed by atoms with van der Waals surface area (Å²) in [6.45, 7) is 2.66. The molecule has 8 heteroatoms. The van der Waals surface area contributed by atoms with Gasteiger partial charge < -0.3 is 20.7 Å². The van der Waals surface area contributed by atoms with Gasteiger partial charge in [0.2, 0.25) is 0 Å². The number of urea groups is 1. The number of halogens is 1. The number of aromatic nitrogens is 2. The molecule has 1 atom stereocenters. The third-order valence-electron chi connectivity index (χ3n) is 3.29. The van der Waals surface area contributed by atoms with Crippen molar-refractivity contribution >= 4 is 11.8 Å². The van der Waals surface area contributed by atoms with Gasteiger partial charge in [-0.3, -0.25) is 4.98 Å². The Morgan fingerprint density at radius 1 is 1.33 bits per heavy atom. The standard InChI is InChI=1S/C16H20FN5O2/c1-11(13-9-12(17)3-4-14(13)24-2)22-16(23)21-8-7-20-15-10-18-5-6-19-15/h3-6,9-11H,7-8H2,1-2H3,(H,19,20)(H2,21,22,23)/t11-/m1/s1. The van der Waals surface area contributed by atoms with E-state index in [1.165, 1.54) is 25.3 Å². The highest BCUT2D eigenvalue weighted by molar-refractivity contribution is 5.74. The Hall–Kier alpha value is -2.90. The van der Waals surface area contributed by atoms with Crippen molar-refractivity contribution < 1.29 is 13.9 Å². The maximum atomic E-state index is 13.4. The number of nitrogens with zero attached hydrogens (tertiary/aromatic N) is 2. The topological polar surface area (TPSA) is 88.2 Å². The fourth-order valence-electron chi connectivity index (χ4n) is 2.13. The Bertz CT molecular complexity index is 669. The molecule has 2 amide bonds. The predicted octanol–water partition coefficient (Wildman–Crippen LogP) is 2.10. The lowest BCUT2D eigenvalue weighted by Gasteiger charge is -2.18. The van der Waals surface area contributed by atoms with E-state index in [1.807, 2.05) is 0 Å². The summed E-state index contributed by atoms with van der Waals surface area (Å²) >= 11 is 0. The molecule has 24 heavy (non-hydrogen) atoms. The molecule has 128 valence electrons. The second-order valence-corrected chi connectivity index (χ2v) is 5.03. The van der Waals surface area contributed by atoms with E-state index in [4.69, 9.17) is 4.74 Å². The van der Waals surface area contributed by atoms with Crippen LogP contribution in [0, 0.1) is 5.82 Å². The number of hydrogen-bond donors (Lipinski definition) is 3. The maximum absolute atomic E-state index is 13.4. The van der Waals surface area contributed by atoms with Crippen LogP contribution >= 0.6 is 0 Å². The molecule has 0 aliphatic carbocycles. The van der Waals surface area contributed by atoms with Crippen molar-refractivity contribution in [1.29, 1.82) is 0 Å². The number of carbonyl (C=O) groups is 1. The predicted molar refractivity (Wildman–Crippen MR) is 88.4 cm³/mol. The third kappa shape index (κ3) is 5.08. The van der Waals surface area contributed by atoms with Gasteiger partial charge in [-0.25, -0.2) is 14.2 Å². The molecular formula is C16H20FN5O2. The Labute approximate surface area is 139 Å². The zero-order valence-corrected chi connectivity index (χ0v) is 13.5. The molecule has 0 unspecified atom stereocenters. The largest absolute Gasteiger partial charge is 0.496 e. The summed E-state index contributed by atoms with van der Waals surface area (Å²) in [4.78, 5) is 19.9. The van der Waals surface area contributed by atoms with Gasteiger partial charge in [-0.15, -0.1) is 0 Å². The highest BCUT2D eigenvalue weighted by Crippen LogP contribution is 2.25. The number of amides is 2. The molecule has 0 aliphatic rings. The van der Waals surface area contributed by atoms with E-state index in [1.54, 1.807) is 25.5 Å². The van der Waals surface area contributed by atoms with Crippen LogP contribution in [-0.4, -0.2) is 36.2 Å². The van der Waals surface area contributed by atoms with Crippen LogP contribution in [0.15, 0.2) is 36.8 Å². The fraction of sp³-hybridized carbons (Fsp3) is 0.312. The minimum Gasteiger partial charge on any atom is -0.496 e. The van der Waals surface area contributed by atoms with Gasteiger partial charge in [0.05, 0.1) is 19.3 Å². The van der Waals surface area contributed by atoms with E-state index < -0.39 is 6.04 Å². The number of nitrogens with one attached hydrogen (secondary N) is 3. The van der Waals surface area contributed by atoms with Crippen LogP contribution < -0.4 is 20.7 Å². The highest BCUT2D eigenvalue weighted by Gasteiger charge is 2.14. The summed E-state index contributed by atoms with van der Waals surface area (Å²) in [7, 11) is 1.50. The quantitative estimate of drug-likeness (QED) is 0.675. The molecule has 0 spiro atoms. The molecule has 3 N–H and O–H groups in total. The number of carbonyl (C=O) groups excluding carboxylic acids is 1. The van der Waals surface area contributed by atoms with Crippen molar-refractivity contribution in [2.45, 2.75) is 13.0 Å². The molecule has 1 heterocycles. The summed E-state index contributed by atoms with van der Waals surface area (Å²) in [6, 6.07) is 3.44. The first-order valence-electron chi connectivity index (χ1n) is 7.48. The summed E-state index contributed by atoms with van der Waals surface area (Å²) in [5, 5.41) is 8.48. The Kier molecular flexibility index (Phi) is 6.30. The van der Waals surface area contributed by atoms with Crippen LogP contribution in [0.4, 0.5) is 15.0 Å². The first kappa shape index (κ1) is 17.5. The van der Waals surface area contributed by atoms with E-state index in [2.05, 4.69) is 25.9 Å². The Balaban J connectivity index is 1.78. The minimum absolute atomic E-state index is 0.352. The van der Waals surface area contributed by atoms with Crippen LogP contribution in [0.2, 0.25) is 0 Å². The normalized spacial score (nSPS) is 11.5. The van der Waals surface area contributed by atoms with Crippen LogP contribution in [-0.2, 0) is 0 Å². The molecule has 2 aromatic rings. The summed E-state index contributed by atoms with van der Waals surface area (Å²) in [5.74, 6) is 0.777. The van der Waals surface area contributed by atoms with Crippen molar-refractivity contribution in [2.75, 3.05) is 25.5 Å². The van der Waals surface area contributed by atoms with Crippen molar-refractivity contribution in [3.05, 3.63) is 48.2 Å². The van der Waals surface area contributed by atoms with Crippen LogP contribution in [0.1, 0.15) is 18.5 Å². The van der Waals surface area contributed by atoms with E-state index in [0.29, 0.717) is 30.2 Å². The van der Waals surface area contributed by atoms with Gasteiger partial charge in [0.1, 0.15) is 17.4 Å². The van der Waals surface area contributed by atoms with E-state index in [-0.39, 0.29) is 11.8 Å². The van der Waals surface area contributed by atoms with Crippen LogP contribution in [0.25, 0.3) is 0 Å². The van der Waals surface area contributed by atoms with Gasteiger partial charge in [0.15, 0.2) is 0 Å². The van der Waals surface area contributed by atoms with Crippen molar-refractivity contribution in [2.24, 2.45) is 0 Å². The second-order valence-electron chi connectivity index (χ2n) is 5.03. The first-order valence-corrected chi connectivity index (χ1v) is 7.48. The van der Waals surface area contributed by atoms with Gasteiger partial charge >= 0.3 is 6.03 Å². The number of methoxy groups -OCH3 is 1. The molecule has 0 radical (unpaired) electrons. The van der Waals surface area contributed by atoms with E-state index in [9.17, 15) is 9.18 Å². The van der Waals surface area contributed by atoms with Gasteiger partial charge in [-0.1, -0.05) is 0 Å². The summed E-state index contributed by atoms with van der Waals surface area (Å²) in [6.07, 6.45) is 4.76.